The molecule has 7 heteroatoms. The molecular formula is C20H29NO6. The molecule has 0 aliphatic heterocycles. The highest BCUT2D eigenvalue weighted by Crippen LogP contribution is 2.17. The van der Waals surface area contributed by atoms with Crippen LogP contribution >= 0.6 is 0 Å². The highest BCUT2D eigenvalue weighted by atomic mass is 16.8. The summed E-state index contributed by atoms with van der Waals surface area (Å²) < 4.78 is 9.93. The lowest BCUT2D eigenvalue weighted by molar-refractivity contribution is -0.131. The smallest absolute Gasteiger partial charge is 0.456 e. The van der Waals surface area contributed by atoms with E-state index in [1.165, 1.54) is 0 Å². The molecule has 1 amide bonds. The van der Waals surface area contributed by atoms with Crippen molar-refractivity contribution in [1.29, 1.82) is 0 Å². The van der Waals surface area contributed by atoms with E-state index in [0.717, 1.165) is 5.56 Å². The molecule has 0 fully saturated rings. The Hall–Kier alpha value is -2.57. The molecule has 1 atom stereocenters. The average Bonchev–Trinajstić information content (AvgIpc) is 2.57. The molecule has 0 aromatic heterocycles. The molecular weight excluding hydrogens is 350 g/mol. The second kappa shape index (κ2) is 10.5. The monoisotopic (exact) mass is 379 g/mol. The average molecular weight is 379 g/mol. The van der Waals surface area contributed by atoms with Gasteiger partial charge in [-0.2, -0.15) is 5.48 Å². The van der Waals surface area contributed by atoms with Gasteiger partial charge < -0.3 is 14.3 Å². The minimum atomic E-state index is -0.933. The third-order valence-electron chi connectivity index (χ3n) is 3.52. The van der Waals surface area contributed by atoms with Crippen LogP contribution < -0.4 is 5.48 Å². The Bertz CT molecular complexity index is 650. The lowest BCUT2D eigenvalue weighted by atomic mass is 9.95. The summed E-state index contributed by atoms with van der Waals surface area (Å²) in [5.41, 5.74) is 3.02. The van der Waals surface area contributed by atoms with Gasteiger partial charge in [0.25, 0.3) is 5.91 Å². The molecule has 150 valence electrons. The summed E-state index contributed by atoms with van der Waals surface area (Å²) in [7, 11) is 0. The van der Waals surface area contributed by atoms with Gasteiger partial charge in [-0.3, -0.25) is 4.79 Å². The number of nitrogens with one attached hydrogen (secondary N) is 1. The van der Waals surface area contributed by atoms with Crippen molar-refractivity contribution >= 4 is 18.0 Å². The van der Waals surface area contributed by atoms with Crippen LogP contribution in [0.4, 0.5) is 4.79 Å². The molecule has 0 radical (unpaired) electrons. The number of hydrogen-bond donors (Lipinski definition) is 1. The van der Waals surface area contributed by atoms with Crippen LogP contribution in [0.15, 0.2) is 24.3 Å². The van der Waals surface area contributed by atoms with E-state index in [0.29, 0.717) is 18.4 Å². The molecule has 7 nitrogen and oxygen atoms in total. The van der Waals surface area contributed by atoms with Gasteiger partial charge in [-0.1, -0.05) is 19.1 Å². The molecule has 1 unspecified atom stereocenters. The van der Waals surface area contributed by atoms with Gasteiger partial charge in [-0.25, -0.2) is 9.59 Å². The topological polar surface area (TPSA) is 90.9 Å². The number of hydroxylamine groups is 1. The van der Waals surface area contributed by atoms with Crippen LogP contribution in [0.1, 0.15) is 63.4 Å². The van der Waals surface area contributed by atoms with E-state index in [-0.39, 0.29) is 24.9 Å². The zero-order valence-corrected chi connectivity index (χ0v) is 16.7. The van der Waals surface area contributed by atoms with Crippen LogP contribution in [0, 0.1) is 5.92 Å². The standard InChI is InChI=1S/C20H29NO6/c1-6-25-19(24)27-21-17(22)11-10-14(2)12-15-8-7-9-16(13-15)18(23)26-20(3,4)5/h7-9,13-14H,6,10-12H2,1-5H3,(H,21,22). The Kier molecular flexibility index (Phi) is 8.78. The number of ether oxygens (including phenoxy) is 2. The highest BCUT2D eigenvalue weighted by Gasteiger charge is 2.18. The minimum Gasteiger partial charge on any atom is -0.456 e. The predicted molar refractivity (Wildman–Crippen MR) is 100.0 cm³/mol. The van der Waals surface area contributed by atoms with E-state index in [4.69, 9.17) is 4.74 Å². The second-order valence-corrected chi connectivity index (χ2v) is 7.36. The fourth-order valence-corrected chi connectivity index (χ4v) is 2.34. The molecule has 0 aliphatic rings. The van der Waals surface area contributed by atoms with E-state index < -0.39 is 17.7 Å². The Morgan fingerprint density at radius 3 is 2.52 bits per heavy atom. The number of carbonyl (C=O) groups excluding carboxylic acids is 3. The van der Waals surface area contributed by atoms with E-state index in [1.807, 2.05) is 45.9 Å². The third-order valence-corrected chi connectivity index (χ3v) is 3.52. The van der Waals surface area contributed by atoms with Crippen molar-refractivity contribution in [2.24, 2.45) is 5.92 Å². The van der Waals surface area contributed by atoms with Crippen molar-refractivity contribution in [2.75, 3.05) is 6.61 Å². The number of rotatable bonds is 7. The molecule has 0 saturated carbocycles. The Morgan fingerprint density at radius 1 is 1.19 bits per heavy atom. The normalized spacial score (nSPS) is 12.0. The zero-order chi connectivity index (χ0) is 20.4. The van der Waals surface area contributed by atoms with Crippen LogP contribution in [0.25, 0.3) is 0 Å². The Labute approximate surface area is 160 Å². The van der Waals surface area contributed by atoms with Crippen molar-refractivity contribution in [3.8, 4) is 0 Å². The largest absolute Gasteiger partial charge is 0.533 e. The first-order valence-electron chi connectivity index (χ1n) is 9.05. The predicted octanol–water partition coefficient (Wildman–Crippen LogP) is 3.81. The Balaban J connectivity index is 2.47. The molecule has 1 rings (SSSR count). The highest BCUT2D eigenvalue weighted by molar-refractivity contribution is 5.89. The molecule has 27 heavy (non-hydrogen) atoms. The lowest BCUT2D eigenvalue weighted by Gasteiger charge is -2.19. The van der Waals surface area contributed by atoms with Gasteiger partial charge >= 0.3 is 12.1 Å². The molecule has 0 aliphatic carbocycles. The summed E-state index contributed by atoms with van der Waals surface area (Å²) in [6.45, 7) is 9.31. The van der Waals surface area contributed by atoms with Crippen molar-refractivity contribution in [3.05, 3.63) is 35.4 Å². The number of esters is 1. The summed E-state index contributed by atoms with van der Waals surface area (Å²) in [4.78, 5) is 39.3. The van der Waals surface area contributed by atoms with E-state index >= 15 is 0 Å². The molecule has 0 bridgehead atoms. The van der Waals surface area contributed by atoms with E-state index in [9.17, 15) is 14.4 Å². The molecule has 0 spiro atoms. The lowest BCUT2D eigenvalue weighted by Crippen LogP contribution is -2.27. The first-order valence-corrected chi connectivity index (χ1v) is 9.05. The van der Waals surface area contributed by atoms with Crippen LogP contribution in [-0.2, 0) is 25.5 Å². The van der Waals surface area contributed by atoms with Gasteiger partial charge in [0.15, 0.2) is 0 Å². The molecule has 0 heterocycles. The maximum Gasteiger partial charge on any atom is 0.533 e. The summed E-state index contributed by atoms with van der Waals surface area (Å²) in [6, 6.07) is 7.30. The van der Waals surface area contributed by atoms with Crippen LogP contribution in [-0.4, -0.2) is 30.2 Å². The van der Waals surface area contributed by atoms with Crippen molar-refractivity contribution < 1.29 is 28.7 Å². The molecule has 1 aromatic rings. The third kappa shape index (κ3) is 9.63. The van der Waals surface area contributed by atoms with Gasteiger partial charge in [0.05, 0.1) is 12.2 Å². The molecule has 0 saturated heterocycles. The van der Waals surface area contributed by atoms with Gasteiger partial charge in [-0.05, 0) is 64.2 Å². The fraction of sp³-hybridized carbons (Fsp3) is 0.550. The SMILES string of the molecule is CCOC(=O)ONC(=O)CCC(C)Cc1cccc(C(=O)OC(C)(C)C)c1. The fourth-order valence-electron chi connectivity index (χ4n) is 2.34. The summed E-state index contributed by atoms with van der Waals surface area (Å²) in [5.74, 6) is -0.544. The molecule has 1 aromatic carbocycles. The van der Waals surface area contributed by atoms with Crippen LogP contribution in [0.2, 0.25) is 0 Å². The quantitative estimate of drug-likeness (QED) is 0.572. The zero-order valence-electron chi connectivity index (χ0n) is 16.7. The van der Waals surface area contributed by atoms with Gasteiger partial charge in [0.1, 0.15) is 5.60 Å². The van der Waals surface area contributed by atoms with Crippen LogP contribution in [0.5, 0.6) is 0 Å². The number of carbonyl (C=O) groups is 3. The second-order valence-electron chi connectivity index (χ2n) is 7.36. The first kappa shape index (κ1) is 22.5. The molecule has 1 N–H and O–H groups in total. The number of hydrogen-bond acceptors (Lipinski definition) is 6. The van der Waals surface area contributed by atoms with E-state index in [2.05, 4.69) is 15.1 Å². The summed E-state index contributed by atoms with van der Waals surface area (Å²) in [5, 5.41) is 0. The van der Waals surface area contributed by atoms with Crippen molar-refractivity contribution in [3.63, 3.8) is 0 Å². The maximum absolute atomic E-state index is 12.2. The summed E-state index contributed by atoms with van der Waals surface area (Å²) in [6.07, 6.45) is 0.599. The van der Waals surface area contributed by atoms with Gasteiger partial charge in [-0.15, -0.1) is 0 Å². The van der Waals surface area contributed by atoms with Crippen molar-refractivity contribution in [2.45, 2.75) is 59.5 Å². The maximum atomic E-state index is 12.2. The van der Waals surface area contributed by atoms with Gasteiger partial charge in [0, 0.05) is 6.42 Å². The summed E-state index contributed by atoms with van der Waals surface area (Å²) >= 11 is 0. The first-order chi connectivity index (χ1) is 12.6. The Morgan fingerprint density at radius 2 is 1.89 bits per heavy atom. The minimum absolute atomic E-state index is 0.175. The van der Waals surface area contributed by atoms with Crippen LogP contribution in [0.3, 0.4) is 0 Å². The van der Waals surface area contributed by atoms with E-state index in [1.54, 1.807) is 13.0 Å². The number of amides is 1. The van der Waals surface area contributed by atoms with Crippen molar-refractivity contribution in [1.82, 2.24) is 5.48 Å². The van der Waals surface area contributed by atoms with Gasteiger partial charge in [0.2, 0.25) is 0 Å². The number of benzene rings is 1.